The molecule has 0 spiro atoms. The van der Waals surface area contributed by atoms with E-state index in [1.807, 2.05) is 0 Å². The van der Waals surface area contributed by atoms with Gasteiger partial charge in [-0.3, -0.25) is 0 Å². The monoisotopic (exact) mass is 343 g/mol. The molecular weight excluding hydrogens is 326 g/mol. The van der Waals surface area contributed by atoms with Crippen LogP contribution in [0.25, 0.3) is 0 Å². The molecule has 0 unspecified atom stereocenters. The summed E-state index contributed by atoms with van der Waals surface area (Å²) in [4.78, 5) is 0. The van der Waals surface area contributed by atoms with Crippen LogP contribution >= 0.6 is 0 Å². The van der Waals surface area contributed by atoms with E-state index in [4.69, 9.17) is 17.0 Å². The molecule has 0 saturated carbocycles. The summed E-state index contributed by atoms with van der Waals surface area (Å²) in [7, 11) is 0. The van der Waals surface area contributed by atoms with E-state index in [1.54, 1.807) is 0 Å². The Morgan fingerprint density at radius 2 is 1.73 bits per heavy atom. The molecular formula is C6H16IrNO3. The van der Waals surface area contributed by atoms with Crippen LogP contribution in [0.2, 0.25) is 0 Å². The molecule has 4 N–H and O–H groups in total. The molecule has 0 radical (unpaired) electrons. The molecule has 0 atom stereocenters. The molecule has 0 aliphatic rings. The molecule has 11 heavy (non-hydrogen) atoms. The molecule has 72 valence electrons. The molecule has 4 nitrogen and oxygen atoms in total. The van der Waals surface area contributed by atoms with Crippen LogP contribution in [0, 0.1) is 5.41 Å². The van der Waals surface area contributed by atoms with Gasteiger partial charge in [-0.05, 0) is 19.1 Å². The van der Waals surface area contributed by atoms with E-state index in [9.17, 15) is 0 Å². The topological polar surface area (TPSA) is 84.5 Å². The first kappa shape index (κ1) is 13.8. The van der Waals surface area contributed by atoms with Crippen molar-refractivity contribution >= 4 is 6.21 Å². The van der Waals surface area contributed by atoms with E-state index >= 15 is 0 Å². The normalized spacial score (nSPS) is 9.64. The van der Waals surface area contributed by atoms with Crippen molar-refractivity contribution in [3.8, 4) is 0 Å². The summed E-state index contributed by atoms with van der Waals surface area (Å²) in [6, 6.07) is 0. The fraction of sp³-hybridized carbons (Fsp3) is 0.833. The molecule has 0 aromatic carbocycles. The quantitative estimate of drug-likeness (QED) is 0.444. The Bertz CT molecular complexity index is 77.5. The van der Waals surface area contributed by atoms with Crippen molar-refractivity contribution in [2.45, 2.75) is 32.6 Å². The third-order valence-electron chi connectivity index (χ3n) is 0.952. The van der Waals surface area contributed by atoms with Crippen molar-refractivity contribution in [2.24, 2.45) is 0 Å². The van der Waals surface area contributed by atoms with Gasteiger partial charge in [0.25, 0.3) is 0 Å². The van der Waals surface area contributed by atoms with E-state index in [1.165, 1.54) is 25.5 Å². The van der Waals surface area contributed by atoms with Gasteiger partial charge in [0.2, 0.25) is 0 Å². The SMILES string of the molecule is CCCCCC=N.[OH][Ir]([OH])[OH]. The van der Waals surface area contributed by atoms with Crippen LogP contribution in [0.1, 0.15) is 32.6 Å². The standard InChI is InChI=1S/C6H13N.Ir.3H2O/c1-2-3-4-5-6-7;;;;/h6-7H,2-5H2,1H3;;3*1H2/q;+3;;;/p-3. The van der Waals surface area contributed by atoms with Gasteiger partial charge in [-0.15, -0.1) is 0 Å². The van der Waals surface area contributed by atoms with Crippen LogP contribution in [0.3, 0.4) is 0 Å². The summed E-state index contributed by atoms with van der Waals surface area (Å²) >= 11 is -3.33. The first-order valence-corrected chi connectivity index (χ1v) is 6.56. The van der Waals surface area contributed by atoms with E-state index in [0.717, 1.165) is 6.42 Å². The molecule has 0 heterocycles. The summed E-state index contributed by atoms with van der Waals surface area (Å²) in [5.74, 6) is 0. The maximum absolute atomic E-state index is 7.33. The summed E-state index contributed by atoms with van der Waals surface area (Å²) in [6.45, 7) is 2.17. The van der Waals surface area contributed by atoms with Gasteiger partial charge in [-0.1, -0.05) is 19.8 Å². The Labute approximate surface area is 73.8 Å². The molecule has 0 fully saturated rings. The van der Waals surface area contributed by atoms with E-state index in [2.05, 4.69) is 6.92 Å². The van der Waals surface area contributed by atoms with Crippen LogP contribution in [0.15, 0.2) is 0 Å². The molecule has 0 aliphatic heterocycles. The van der Waals surface area contributed by atoms with Gasteiger partial charge in [0.05, 0.1) is 0 Å². The average Bonchev–Trinajstić information content (AvgIpc) is 1.88. The molecule has 0 aromatic rings. The molecule has 0 aliphatic carbocycles. The number of rotatable bonds is 4. The zero-order valence-electron chi connectivity index (χ0n) is 6.58. The van der Waals surface area contributed by atoms with Crippen molar-refractivity contribution in [2.75, 3.05) is 0 Å². The van der Waals surface area contributed by atoms with Gasteiger partial charge in [-0.25, -0.2) is 0 Å². The van der Waals surface area contributed by atoms with Gasteiger partial charge in [0.1, 0.15) is 0 Å². The molecule has 0 amide bonds. The Hall–Kier alpha value is 0.199. The fourth-order valence-electron chi connectivity index (χ4n) is 0.496. The van der Waals surface area contributed by atoms with Gasteiger partial charge < -0.3 is 5.41 Å². The van der Waals surface area contributed by atoms with Crippen molar-refractivity contribution in [3.05, 3.63) is 0 Å². The third-order valence-corrected chi connectivity index (χ3v) is 0.952. The van der Waals surface area contributed by atoms with E-state index in [-0.39, 0.29) is 0 Å². The molecule has 0 bridgehead atoms. The molecule has 0 rings (SSSR count). The first-order chi connectivity index (χ1) is 5.15. The first-order valence-electron chi connectivity index (χ1n) is 3.35. The van der Waals surface area contributed by atoms with E-state index < -0.39 is 17.6 Å². The zero-order valence-corrected chi connectivity index (χ0v) is 8.98. The predicted molar refractivity (Wildman–Crippen MR) is 39.6 cm³/mol. The zero-order chi connectivity index (χ0) is 9.11. The third kappa shape index (κ3) is 38.9. The van der Waals surface area contributed by atoms with Gasteiger partial charge in [-0.2, -0.15) is 0 Å². The van der Waals surface area contributed by atoms with Crippen molar-refractivity contribution in [3.63, 3.8) is 0 Å². The second-order valence-electron chi connectivity index (χ2n) is 1.90. The number of nitrogens with one attached hydrogen (secondary N) is 1. The Balaban J connectivity index is 0. The molecule has 5 heteroatoms. The maximum atomic E-state index is 7.33. The molecule has 0 saturated heterocycles. The van der Waals surface area contributed by atoms with Gasteiger partial charge in [0, 0.05) is 0 Å². The van der Waals surface area contributed by atoms with Crippen molar-refractivity contribution < 1.29 is 29.2 Å². The number of hydrogen-bond donors (Lipinski definition) is 4. The van der Waals surface area contributed by atoms with Crippen LogP contribution < -0.4 is 0 Å². The van der Waals surface area contributed by atoms with E-state index in [0.29, 0.717) is 0 Å². The van der Waals surface area contributed by atoms with Crippen molar-refractivity contribution in [1.29, 1.82) is 5.41 Å². The number of hydrogen-bond acceptors (Lipinski definition) is 4. The second-order valence-corrected chi connectivity index (χ2v) is 3.34. The van der Waals surface area contributed by atoms with Gasteiger partial charge in [0.15, 0.2) is 0 Å². The summed E-state index contributed by atoms with van der Waals surface area (Å²) < 4.78 is 22.0. The second kappa shape index (κ2) is 12.8. The molecule has 0 aromatic heterocycles. The average molecular weight is 342 g/mol. The Kier molecular flexibility index (Phi) is 16.1. The minimum absolute atomic E-state index is 0.966. The van der Waals surface area contributed by atoms with Crippen LogP contribution in [0.4, 0.5) is 0 Å². The van der Waals surface area contributed by atoms with Crippen LogP contribution in [-0.4, -0.2) is 17.8 Å². The van der Waals surface area contributed by atoms with Gasteiger partial charge >= 0.3 is 29.2 Å². The number of unbranched alkanes of at least 4 members (excludes halogenated alkanes) is 3. The minimum atomic E-state index is -3.33. The summed E-state index contributed by atoms with van der Waals surface area (Å²) in [5, 5.41) is 6.66. The fourth-order valence-corrected chi connectivity index (χ4v) is 0.496. The summed E-state index contributed by atoms with van der Waals surface area (Å²) in [6.07, 6.45) is 6.17. The summed E-state index contributed by atoms with van der Waals surface area (Å²) in [5.41, 5.74) is 0. The Morgan fingerprint density at radius 3 is 2.00 bits per heavy atom. The Morgan fingerprint density at radius 1 is 1.27 bits per heavy atom. The predicted octanol–water partition coefficient (Wildman–Crippen LogP) is 0.543. The van der Waals surface area contributed by atoms with Crippen LogP contribution in [0.5, 0.6) is 0 Å². The van der Waals surface area contributed by atoms with Crippen LogP contribution in [-0.2, 0) is 17.6 Å². The van der Waals surface area contributed by atoms with Crippen molar-refractivity contribution in [1.82, 2.24) is 0 Å².